The van der Waals surface area contributed by atoms with E-state index in [9.17, 15) is 4.39 Å². The van der Waals surface area contributed by atoms with Crippen LogP contribution in [0.2, 0.25) is 0 Å². The maximum absolute atomic E-state index is 13.6. The maximum Gasteiger partial charge on any atom is 0.146 e. The van der Waals surface area contributed by atoms with Crippen LogP contribution in [-0.2, 0) is 0 Å². The van der Waals surface area contributed by atoms with Gasteiger partial charge in [0.15, 0.2) is 0 Å². The van der Waals surface area contributed by atoms with Crippen molar-refractivity contribution in [3.05, 3.63) is 65.3 Å². The molecule has 1 saturated heterocycles. The first-order valence-electron chi connectivity index (χ1n) is 8.82. The van der Waals surface area contributed by atoms with Gasteiger partial charge in [-0.1, -0.05) is 24.3 Å². The van der Waals surface area contributed by atoms with Crippen molar-refractivity contribution < 1.29 is 4.39 Å². The third kappa shape index (κ3) is 4.93. The SMILES string of the molecule is CN/C(=C\SCNc1ccccc1F)c1ccc(N2CCNCC2)cc1. The first kappa shape index (κ1) is 18.6. The highest BCUT2D eigenvalue weighted by atomic mass is 32.2. The first-order valence-corrected chi connectivity index (χ1v) is 9.87. The number of halogens is 1. The second-order valence-corrected chi connectivity index (χ2v) is 6.89. The molecular weight excluding hydrogens is 347 g/mol. The van der Waals surface area contributed by atoms with Crippen LogP contribution in [0.4, 0.5) is 15.8 Å². The van der Waals surface area contributed by atoms with Crippen molar-refractivity contribution in [1.29, 1.82) is 0 Å². The summed E-state index contributed by atoms with van der Waals surface area (Å²) in [7, 11) is 1.92. The van der Waals surface area contributed by atoms with Crippen LogP contribution in [0, 0.1) is 5.82 Å². The van der Waals surface area contributed by atoms with Crippen LogP contribution in [-0.4, -0.2) is 39.1 Å². The highest BCUT2D eigenvalue weighted by molar-refractivity contribution is 8.02. The predicted octanol–water partition coefficient (Wildman–Crippen LogP) is 3.56. The van der Waals surface area contributed by atoms with Gasteiger partial charge in [-0.3, -0.25) is 0 Å². The number of nitrogens with zero attached hydrogens (tertiary/aromatic N) is 1. The van der Waals surface area contributed by atoms with Gasteiger partial charge in [0.1, 0.15) is 5.82 Å². The van der Waals surface area contributed by atoms with E-state index in [1.807, 2.05) is 13.1 Å². The summed E-state index contributed by atoms with van der Waals surface area (Å²) in [4.78, 5) is 2.40. The largest absolute Gasteiger partial charge is 0.387 e. The highest BCUT2D eigenvalue weighted by Crippen LogP contribution is 2.21. The number of benzene rings is 2. The van der Waals surface area contributed by atoms with Gasteiger partial charge in [-0.15, -0.1) is 11.8 Å². The van der Waals surface area contributed by atoms with Gasteiger partial charge in [-0.05, 0) is 35.2 Å². The lowest BCUT2D eigenvalue weighted by Crippen LogP contribution is -2.43. The van der Waals surface area contributed by atoms with E-state index in [4.69, 9.17) is 0 Å². The van der Waals surface area contributed by atoms with E-state index >= 15 is 0 Å². The molecule has 4 nitrogen and oxygen atoms in total. The Morgan fingerprint density at radius 3 is 2.58 bits per heavy atom. The van der Waals surface area contributed by atoms with Gasteiger partial charge >= 0.3 is 0 Å². The first-order chi connectivity index (χ1) is 12.8. The summed E-state index contributed by atoms with van der Waals surface area (Å²) in [6.07, 6.45) is 0. The minimum Gasteiger partial charge on any atom is -0.387 e. The van der Waals surface area contributed by atoms with Crippen LogP contribution in [0.5, 0.6) is 0 Å². The van der Waals surface area contributed by atoms with Crippen molar-refractivity contribution in [1.82, 2.24) is 10.6 Å². The summed E-state index contributed by atoms with van der Waals surface area (Å²) in [5.74, 6) is 0.375. The van der Waals surface area contributed by atoms with E-state index < -0.39 is 0 Å². The molecule has 0 aromatic heterocycles. The zero-order chi connectivity index (χ0) is 18.2. The lowest BCUT2D eigenvalue weighted by atomic mass is 10.1. The fourth-order valence-corrected chi connectivity index (χ4v) is 3.64. The highest BCUT2D eigenvalue weighted by Gasteiger charge is 2.10. The molecule has 1 fully saturated rings. The Kier molecular flexibility index (Phi) is 6.80. The fourth-order valence-electron chi connectivity index (χ4n) is 2.90. The molecule has 1 aliphatic heterocycles. The normalized spacial score (nSPS) is 15.0. The zero-order valence-corrected chi connectivity index (χ0v) is 15.8. The lowest BCUT2D eigenvalue weighted by Gasteiger charge is -2.29. The van der Waals surface area contributed by atoms with Crippen molar-refractivity contribution in [2.24, 2.45) is 0 Å². The summed E-state index contributed by atoms with van der Waals surface area (Å²) in [6, 6.07) is 15.4. The quantitative estimate of drug-likeness (QED) is 0.512. The molecule has 0 aliphatic carbocycles. The van der Waals surface area contributed by atoms with Crippen LogP contribution in [0.3, 0.4) is 0 Å². The van der Waals surface area contributed by atoms with Crippen LogP contribution in [0.1, 0.15) is 5.56 Å². The Bertz CT molecular complexity index is 727. The van der Waals surface area contributed by atoms with Gasteiger partial charge in [-0.25, -0.2) is 4.39 Å². The number of hydrogen-bond donors (Lipinski definition) is 3. The molecule has 6 heteroatoms. The Balaban J connectivity index is 1.57. The monoisotopic (exact) mass is 372 g/mol. The van der Waals surface area contributed by atoms with Gasteiger partial charge in [0, 0.05) is 44.6 Å². The van der Waals surface area contributed by atoms with Gasteiger partial charge in [0.05, 0.1) is 11.6 Å². The zero-order valence-electron chi connectivity index (χ0n) is 15.0. The summed E-state index contributed by atoms with van der Waals surface area (Å²) in [6.45, 7) is 4.17. The number of thioether (sulfide) groups is 1. The second kappa shape index (κ2) is 9.50. The van der Waals surface area contributed by atoms with E-state index in [0.717, 1.165) is 37.4 Å². The molecule has 0 saturated carbocycles. The van der Waals surface area contributed by atoms with Gasteiger partial charge < -0.3 is 20.9 Å². The molecule has 1 aliphatic rings. The third-order valence-electron chi connectivity index (χ3n) is 4.35. The number of para-hydroxylation sites is 1. The predicted molar refractivity (Wildman–Crippen MR) is 111 cm³/mol. The van der Waals surface area contributed by atoms with Gasteiger partial charge in [0.25, 0.3) is 0 Å². The number of piperazine rings is 1. The molecule has 0 bridgehead atoms. The third-order valence-corrected chi connectivity index (χ3v) is 5.06. The molecule has 138 valence electrons. The average Bonchev–Trinajstić information content (AvgIpc) is 2.70. The molecule has 3 rings (SSSR count). The van der Waals surface area contributed by atoms with E-state index in [1.54, 1.807) is 23.9 Å². The van der Waals surface area contributed by atoms with Crippen molar-refractivity contribution in [2.75, 3.05) is 49.3 Å². The topological polar surface area (TPSA) is 39.3 Å². The number of rotatable bonds is 7. The molecule has 0 radical (unpaired) electrons. The van der Waals surface area contributed by atoms with Gasteiger partial charge in [0.2, 0.25) is 0 Å². The second-order valence-electron chi connectivity index (χ2n) is 6.03. The number of hydrogen-bond acceptors (Lipinski definition) is 5. The van der Waals surface area contributed by atoms with Crippen molar-refractivity contribution in [3.63, 3.8) is 0 Å². The fraction of sp³-hybridized carbons (Fsp3) is 0.300. The van der Waals surface area contributed by atoms with Crippen LogP contribution >= 0.6 is 11.8 Å². The van der Waals surface area contributed by atoms with Crippen LogP contribution in [0.15, 0.2) is 53.9 Å². The van der Waals surface area contributed by atoms with E-state index in [1.165, 1.54) is 11.8 Å². The number of anilines is 2. The Hall–Kier alpha value is -2.18. The van der Waals surface area contributed by atoms with Crippen molar-refractivity contribution >= 4 is 28.8 Å². The minimum atomic E-state index is -0.227. The molecule has 2 aromatic carbocycles. The smallest absolute Gasteiger partial charge is 0.146 e. The molecule has 2 aromatic rings. The van der Waals surface area contributed by atoms with Crippen molar-refractivity contribution in [2.45, 2.75) is 0 Å². The lowest BCUT2D eigenvalue weighted by molar-refractivity contribution is 0.589. The Morgan fingerprint density at radius 2 is 1.88 bits per heavy atom. The molecular formula is C20H25FN4S. The number of nitrogens with one attached hydrogen (secondary N) is 3. The minimum absolute atomic E-state index is 0.227. The summed E-state index contributed by atoms with van der Waals surface area (Å²) in [5.41, 5.74) is 3.99. The van der Waals surface area contributed by atoms with Crippen LogP contribution < -0.4 is 20.9 Å². The maximum atomic E-state index is 13.6. The van der Waals surface area contributed by atoms with Crippen molar-refractivity contribution in [3.8, 4) is 0 Å². The summed E-state index contributed by atoms with van der Waals surface area (Å²) >= 11 is 1.60. The van der Waals surface area contributed by atoms with Gasteiger partial charge in [-0.2, -0.15) is 0 Å². The Morgan fingerprint density at radius 1 is 1.15 bits per heavy atom. The Labute approximate surface area is 158 Å². The molecule has 0 atom stereocenters. The van der Waals surface area contributed by atoms with Crippen LogP contribution in [0.25, 0.3) is 5.70 Å². The molecule has 1 heterocycles. The van der Waals surface area contributed by atoms with E-state index in [-0.39, 0.29) is 5.82 Å². The average molecular weight is 373 g/mol. The summed E-state index contributed by atoms with van der Waals surface area (Å²) in [5, 5.41) is 11.8. The molecule has 26 heavy (non-hydrogen) atoms. The summed E-state index contributed by atoms with van der Waals surface area (Å²) < 4.78 is 13.6. The molecule has 0 spiro atoms. The standard InChI is InChI=1S/C20H25FN4S/c1-22-20(14-26-15-24-19-5-3-2-4-18(19)21)16-6-8-17(9-7-16)25-12-10-23-11-13-25/h2-9,14,22-24H,10-13,15H2,1H3/b20-14-. The van der Waals surface area contributed by atoms with E-state index in [0.29, 0.717) is 11.6 Å². The molecule has 0 unspecified atom stereocenters. The molecule has 3 N–H and O–H groups in total. The van der Waals surface area contributed by atoms with E-state index in [2.05, 4.69) is 50.5 Å². The molecule has 0 amide bonds.